The maximum absolute atomic E-state index is 11.7. The summed E-state index contributed by atoms with van der Waals surface area (Å²) in [5.41, 5.74) is 1.81. The molecule has 4 aliphatic rings. The first-order valence-electron chi connectivity index (χ1n) is 8.49. The highest BCUT2D eigenvalue weighted by molar-refractivity contribution is 5.82. The number of allylic oxidation sites excluding steroid dienone is 2. The van der Waals surface area contributed by atoms with Crippen LogP contribution >= 0.6 is 0 Å². The summed E-state index contributed by atoms with van der Waals surface area (Å²) in [7, 11) is 0. The third kappa shape index (κ3) is 1.70. The summed E-state index contributed by atoms with van der Waals surface area (Å²) in [6.45, 7) is 2.33. The van der Waals surface area contributed by atoms with Gasteiger partial charge in [0.1, 0.15) is 5.78 Å². The van der Waals surface area contributed by atoms with E-state index in [1.165, 1.54) is 32.1 Å². The molecule has 2 nitrogen and oxygen atoms in total. The molecule has 0 saturated heterocycles. The summed E-state index contributed by atoms with van der Waals surface area (Å²) in [5, 5.41) is 10.4. The number of aliphatic hydroxyl groups excluding tert-OH is 1. The Hall–Kier alpha value is -0.630. The molecule has 0 heterocycles. The van der Waals surface area contributed by atoms with Gasteiger partial charge in [0, 0.05) is 12.8 Å². The van der Waals surface area contributed by atoms with Gasteiger partial charge in [-0.05, 0) is 67.6 Å². The molecule has 0 bridgehead atoms. The first-order chi connectivity index (χ1) is 9.59. The van der Waals surface area contributed by atoms with Gasteiger partial charge in [-0.1, -0.05) is 18.6 Å². The lowest BCUT2D eigenvalue weighted by molar-refractivity contribution is -0.120. The van der Waals surface area contributed by atoms with Crippen LogP contribution in [0.2, 0.25) is 0 Å². The van der Waals surface area contributed by atoms with Gasteiger partial charge in [0.15, 0.2) is 0 Å². The van der Waals surface area contributed by atoms with Crippen LogP contribution in [-0.2, 0) is 4.79 Å². The predicted molar refractivity (Wildman–Crippen MR) is 78.1 cm³/mol. The molecular formula is C18H26O2. The number of carbonyl (C=O) groups is 1. The van der Waals surface area contributed by atoms with Crippen LogP contribution < -0.4 is 0 Å². The van der Waals surface area contributed by atoms with Crippen molar-refractivity contribution >= 4 is 5.78 Å². The summed E-state index contributed by atoms with van der Waals surface area (Å²) < 4.78 is 0. The smallest absolute Gasteiger partial charge is 0.137 e. The molecule has 110 valence electrons. The van der Waals surface area contributed by atoms with Crippen LogP contribution in [0.5, 0.6) is 0 Å². The van der Waals surface area contributed by atoms with Crippen molar-refractivity contribution in [1.29, 1.82) is 0 Å². The summed E-state index contributed by atoms with van der Waals surface area (Å²) in [6, 6.07) is 0. The zero-order chi connectivity index (χ0) is 13.9. The number of carbonyl (C=O) groups excluding carboxylic acids is 1. The van der Waals surface area contributed by atoms with Crippen LogP contribution in [0.1, 0.15) is 58.3 Å². The number of aliphatic hydroxyl groups is 1. The van der Waals surface area contributed by atoms with Crippen LogP contribution in [0.15, 0.2) is 11.6 Å². The van der Waals surface area contributed by atoms with Gasteiger partial charge in [-0.2, -0.15) is 0 Å². The zero-order valence-electron chi connectivity index (χ0n) is 12.5. The molecule has 6 atom stereocenters. The Balaban J connectivity index is 1.64. The summed E-state index contributed by atoms with van der Waals surface area (Å²) in [4.78, 5) is 11.7. The van der Waals surface area contributed by atoms with Gasteiger partial charge >= 0.3 is 0 Å². The molecule has 0 radical (unpaired) electrons. The minimum atomic E-state index is -0.0758. The van der Waals surface area contributed by atoms with E-state index in [9.17, 15) is 9.90 Å². The quantitative estimate of drug-likeness (QED) is 0.687. The van der Waals surface area contributed by atoms with Crippen molar-refractivity contribution in [2.75, 3.05) is 0 Å². The Morgan fingerprint density at radius 1 is 1.20 bits per heavy atom. The summed E-state index contributed by atoms with van der Waals surface area (Å²) in [5.74, 6) is 3.23. The van der Waals surface area contributed by atoms with Crippen molar-refractivity contribution in [3.63, 3.8) is 0 Å². The summed E-state index contributed by atoms with van der Waals surface area (Å²) >= 11 is 0. The molecule has 0 aromatic carbocycles. The molecular weight excluding hydrogens is 248 g/mol. The van der Waals surface area contributed by atoms with Crippen LogP contribution in [0.3, 0.4) is 0 Å². The zero-order valence-corrected chi connectivity index (χ0v) is 12.5. The second kappa shape index (κ2) is 4.43. The van der Waals surface area contributed by atoms with Crippen LogP contribution in [0.4, 0.5) is 0 Å². The highest BCUT2D eigenvalue weighted by Gasteiger charge is 2.55. The molecule has 0 unspecified atom stereocenters. The van der Waals surface area contributed by atoms with Crippen LogP contribution in [-0.4, -0.2) is 17.0 Å². The van der Waals surface area contributed by atoms with Crippen molar-refractivity contribution in [2.24, 2.45) is 29.1 Å². The normalized spacial score (nSPS) is 51.0. The Morgan fingerprint density at radius 2 is 2.05 bits per heavy atom. The van der Waals surface area contributed by atoms with Gasteiger partial charge in [-0.25, -0.2) is 0 Å². The molecule has 0 amide bonds. The molecule has 4 aliphatic carbocycles. The molecule has 4 rings (SSSR count). The van der Waals surface area contributed by atoms with Crippen LogP contribution in [0, 0.1) is 29.1 Å². The van der Waals surface area contributed by atoms with Gasteiger partial charge in [-0.15, -0.1) is 0 Å². The molecule has 2 heteroatoms. The topological polar surface area (TPSA) is 37.3 Å². The number of ketones is 1. The van der Waals surface area contributed by atoms with Crippen molar-refractivity contribution in [1.82, 2.24) is 0 Å². The van der Waals surface area contributed by atoms with E-state index in [0.29, 0.717) is 18.1 Å². The fraction of sp³-hybridized carbons (Fsp3) is 0.833. The third-order valence-corrected chi connectivity index (χ3v) is 7.17. The minimum Gasteiger partial charge on any atom is -0.393 e. The Kier molecular flexibility index (Phi) is 2.89. The maximum atomic E-state index is 11.7. The second-order valence-corrected chi connectivity index (χ2v) is 7.94. The Bertz CT molecular complexity index is 466. The lowest BCUT2D eigenvalue weighted by atomic mass is 9.53. The van der Waals surface area contributed by atoms with E-state index in [2.05, 4.69) is 13.0 Å². The summed E-state index contributed by atoms with van der Waals surface area (Å²) in [6.07, 6.45) is 10.8. The molecule has 3 fully saturated rings. The van der Waals surface area contributed by atoms with E-state index in [1.54, 1.807) is 5.57 Å². The Morgan fingerprint density at radius 3 is 2.90 bits per heavy atom. The first kappa shape index (κ1) is 13.1. The molecule has 20 heavy (non-hydrogen) atoms. The highest BCUT2D eigenvalue weighted by atomic mass is 16.3. The average Bonchev–Trinajstić information content (AvgIpc) is 2.74. The molecule has 3 saturated carbocycles. The van der Waals surface area contributed by atoms with E-state index in [0.717, 1.165) is 30.6 Å². The van der Waals surface area contributed by atoms with E-state index < -0.39 is 0 Å². The second-order valence-electron chi connectivity index (χ2n) is 7.94. The molecule has 0 spiro atoms. The molecule has 1 N–H and O–H groups in total. The molecule has 0 aromatic rings. The highest BCUT2D eigenvalue weighted by Crippen LogP contribution is 2.61. The predicted octanol–water partition coefficient (Wildman–Crippen LogP) is 3.49. The monoisotopic (exact) mass is 274 g/mol. The minimum absolute atomic E-state index is 0.0758. The average molecular weight is 274 g/mol. The Labute approximate surface area is 121 Å². The molecule has 0 aromatic heterocycles. The lowest BCUT2D eigenvalue weighted by Gasteiger charge is -2.52. The van der Waals surface area contributed by atoms with Gasteiger partial charge < -0.3 is 5.11 Å². The first-order valence-corrected chi connectivity index (χ1v) is 8.49. The number of Topliss-reactive ketones (excluding diaryl/α,β-unsaturated/α-hetero) is 1. The van der Waals surface area contributed by atoms with E-state index in [1.807, 2.05) is 0 Å². The van der Waals surface area contributed by atoms with E-state index in [4.69, 9.17) is 0 Å². The fourth-order valence-electron chi connectivity index (χ4n) is 6.07. The van der Waals surface area contributed by atoms with Crippen molar-refractivity contribution in [3.8, 4) is 0 Å². The maximum Gasteiger partial charge on any atom is 0.137 e. The van der Waals surface area contributed by atoms with Gasteiger partial charge in [0.05, 0.1) is 6.10 Å². The van der Waals surface area contributed by atoms with Crippen molar-refractivity contribution in [3.05, 3.63) is 11.6 Å². The van der Waals surface area contributed by atoms with Gasteiger partial charge in [-0.3, -0.25) is 4.79 Å². The fourth-order valence-corrected chi connectivity index (χ4v) is 6.07. The number of fused-ring (bicyclic) bond motifs is 5. The van der Waals surface area contributed by atoms with Crippen molar-refractivity contribution < 1.29 is 9.90 Å². The number of hydrogen-bond donors (Lipinski definition) is 1. The van der Waals surface area contributed by atoms with E-state index >= 15 is 0 Å². The van der Waals surface area contributed by atoms with Gasteiger partial charge in [0.2, 0.25) is 0 Å². The van der Waals surface area contributed by atoms with Crippen molar-refractivity contribution in [2.45, 2.75) is 64.4 Å². The SMILES string of the molecule is C[C@]12CC[C@@H]3C4=CCC(=O)C[C@@H]4CC[C@H]3[C@@H]1CC[C@@H]2O. The van der Waals surface area contributed by atoms with E-state index in [-0.39, 0.29) is 11.5 Å². The number of rotatable bonds is 0. The standard InChI is InChI=1S/C18H26O2/c1-18-9-8-14-13-5-3-12(19)10-11(13)2-4-15(14)16(18)6-7-17(18)20/h5,11,14-17,20H,2-4,6-10H2,1H3/t11-,14+,15+,16-,17-,18-/m0/s1. The number of hydrogen-bond acceptors (Lipinski definition) is 2. The lowest BCUT2D eigenvalue weighted by Crippen LogP contribution is -2.46. The van der Waals surface area contributed by atoms with Gasteiger partial charge in [0.25, 0.3) is 0 Å². The molecule has 0 aliphatic heterocycles. The largest absolute Gasteiger partial charge is 0.393 e. The van der Waals surface area contributed by atoms with Crippen LogP contribution in [0.25, 0.3) is 0 Å². The third-order valence-electron chi connectivity index (χ3n) is 7.17.